The van der Waals surface area contributed by atoms with Crippen LogP contribution in [-0.2, 0) is 9.59 Å². The Balaban J connectivity index is 2.80. The topological polar surface area (TPSA) is 70.0 Å². The van der Waals surface area contributed by atoms with Gasteiger partial charge in [0.15, 0.2) is 0 Å². The molecule has 1 aliphatic rings. The van der Waals surface area contributed by atoms with E-state index >= 15 is 0 Å². The quantitative estimate of drug-likeness (QED) is 0.415. The lowest BCUT2D eigenvalue weighted by molar-refractivity contribution is -0.125. The number of rotatable bonds is 1. The van der Waals surface area contributed by atoms with E-state index in [0.29, 0.717) is 0 Å². The summed E-state index contributed by atoms with van der Waals surface area (Å²) in [5.41, 5.74) is 0. The van der Waals surface area contributed by atoms with Crippen molar-refractivity contribution >= 4 is 34.4 Å². The standard InChI is InChI=1S/C6H5IN2O2/c7-6(1-2-8)3-4(10)9-5(6)11/h1,3H2,(H,9,10,11). The van der Waals surface area contributed by atoms with E-state index in [-0.39, 0.29) is 24.7 Å². The van der Waals surface area contributed by atoms with Crippen LogP contribution in [0.4, 0.5) is 0 Å². The van der Waals surface area contributed by atoms with E-state index in [1.807, 2.05) is 28.7 Å². The van der Waals surface area contributed by atoms with Crippen LogP contribution in [0.15, 0.2) is 0 Å². The Labute approximate surface area is 77.1 Å². The van der Waals surface area contributed by atoms with Crippen molar-refractivity contribution in [1.29, 1.82) is 5.26 Å². The van der Waals surface area contributed by atoms with Gasteiger partial charge in [-0.1, -0.05) is 22.6 Å². The zero-order chi connectivity index (χ0) is 8.48. The lowest BCUT2D eigenvalue weighted by Crippen LogP contribution is -2.31. The number of hydrogen-bond donors (Lipinski definition) is 1. The van der Waals surface area contributed by atoms with Crippen LogP contribution in [-0.4, -0.2) is 15.2 Å². The number of nitrogens with one attached hydrogen (secondary N) is 1. The van der Waals surface area contributed by atoms with E-state index in [0.717, 1.165) is 0 Å². The minimum absolute atomic E-state index is 0.0884. The summed E-state index contributed by atoms with van der Waals surface area (Å²) in [7, 11) is 0. The van der Waals surface area contributed by atoms with Crippen molar-refractivity contribution in [3.63, 3.8) is 0 Å². The van der Waals surface area contributed by atoms with Gasteiger partial charge >= 0.3 is 0 Å². The van der Waals surface area contributed by atoms with Crippen molar-refractivity contribution in [2.45, 2.75) is 16.3 Å². The second kappa shape index (κ2) is 2.77. The van der Waals surface area contributed by atoms with E-state index in [2.05, 4.69) is 5.32 Å². The molecule has 1 N–H and O–H groups in total. The second-order valence-electron chi connectivity index (χ2n) is 2.35. The monoisotopic (exact) mass is 264 g/mol. The van der Waals surface area contributed by atoms with Gasteiger partial charge in [-0.05, 0) is 0 Å². The zero-order valence-corrected chi connectivity index (χ0v) is 7.71. The molecular formula is C6H5IN2O2. The average Bonchev–Trinajstić information content (AvgIpc) is 2.08. The molecule has 1 rings (SSSR count). The first-order valence-electron chi connectivity index (χ1n) is 2.99. The van der Waals surface area contributed by atoms with Gasteiger partial charge in [-0.15, -0.1) is 0 Å². The van der Waals surface area contributed by atoms with E-state index in [1.54, 1.807) is 0 Å². The molecular weight excluding hydrogens is 259 g/mol. The first-order valence-corrected chi connectivity index (χ1v) is 4.06. The fraction of sp³-hybridized carbons (Fsp3) is 0.500. The van der Waals surface area contributed by atoms with Crippen LogP contribution in [0.2, 0.25) is 0 Å². The van der Waals surface area contributed by atoms with E-state index < -0.39 is 3.42 Å². The Morgan fingerprint density at radius 1 is 1.73 bits per heavy atom. The molecule has 1 unspecified atom stereocenters. The highest BCUT2D eigenvalue weighted by atomic mass is 127. The molecule has 0 spiro atoms. The number of hydrogen-bond acceptors (Lipinski definition) is 3. The molecule has 5 heteroatoms. The summed E-state index contributed by atoms with van der Waals surface area (Å²) in [6.45, 7) is 0. The number of carbonyl (C=O) groups excluding carboxylic acids is 2. The van der Waals surface area contributed by atoms with Crippen molar-refractivity contribution in [3.05, 3.63) is 0 Å². The van der Waals surface area contributed by atoms with Gasteiger partial charge in [0.25, 0.3) is 0 Å². The molecule has 4 nitrogen and oxygen atoms in total. The normalized spacial score (nSPS) is 29.8. The molecule has 0 aromatic rings. The minimum Gasteiger partial charge on any atom is -0.295 e. The van der Waals surface area contributed by atoms with Crippen LogP contribution < -0.4 is 5.32 Å². The molecule has 1 fully saturated rings. The Bertz CT molecular complexity index is 258. The minimum atomic E-state index is -0.816. The molecule has 1 saturated heterocycles. The summed E-state index contributed by atoms with van der Waals surface area (Å²) in [6, 6.07) is 1.88. The van der Waals surface area contributed by atoms with Gasteiger partial charge in [0.2, 0.25) is 11.8 Å². The molecule has 0 aromatic heterocycles. The molecule has 0 aliphatic carbocycles. The van der Waals surface area contributed by atoms with Crippen LogP contribution in [0.25, 0.3) is 0 Å². The third kappa shape index (κ3) is 1.50. The summed E-state index contributed by atoms with van der Waals surface area (Å²) in [6.07, 6.45) is 0.213. The van der Waals surface area contributed by atoms with Crippen molar-refractivity contribution in [3.8, 4) is 6.07 Å². The highest BCUT2D eigenvalue weighted by Crippen LogP contribution is 2.31. The molecule has 2 amide bonds. The van der Waals surface area contributed by atoms with E-state index in [1.165, 1.54) is 0 Å². The SMILES string of the molecule is N#CCC1(I)CC(=O)NC1=O. The van der Waals surface area contributed by atoms with Gasteiger partial charge in [0.05, 0.1) is 18.9 Å². The lowest BCUT2D eigenvalue weighted by Gasteiger charge is -2.10. The van der Waals surface area contributed by atoms with Crippen LogP contribution in [0.1, 0.15) is 12.8 Å². The van der Waals surface area contributed by atoms with Crippen molar-refractivity contribution < 1.29 is 9.59 Å². The summed E-state index contributed by atoms with van der Waals surface area (Å²) < 4.78 is -0.816. The van der Waals surface area contributed by atoms with Crippen LogP contribution in [0.5, 0.6) is 0 Å². The smallest absolute Gasteiger partial charge is 0.244 e. The van der Waals surface area contributed by atoms with Crippen molar-refractivity contribution in [1.82, 2.24) is 5.32 Å². The van der Waals surface area contributed by atoms with Crippen LogP contribution in [0.3, 0.4) is 0 Å². The summed E-state index contributed by atoms with van der Waals surface area (Å²) in [5.74, 6) is -0.635. The maximum absolute atomic E-state index is 11.0. The number of nitriles is 1. The number of alkyl halides is 1. The Morgan fingerprint density at radius 3 is 2.73 bits per heavy atom. The third-order valence-electron chi connectivity index (χ3n) is 1.46. The van der Waals surface area contributed by atoms with Gasteiger partial charge in [0, 0.05) is 0 Å². The average molecular weight is 264 g/mol. The Kier molecular flexibility index (Phi) is 2.13. The number of amides is 2. The Morgan fingerprint density at radius 2 is 2.36 bits per heavy atom. The van der Waals surface area contributed by atoms with Gasteiger partial charge in [-0.25, -0.2) is 0 Å². The fourth-order valence-electron chi connectivity index (χ4n) is 0.886. The first kappa shape index (κ1) is 8.46. The number of halogens is 1. The van der Waals surface area contributed by atoms with Crippen LogP contribution >= 0.6 is 22.6 Å². The van der Waals surface area contributed by atoms with Gasteiger partial charge in [-0.3, -0.25) is 14.9 Å². The Hall–Kier alpha value is -0.640. The maximum atomic E-state index is 11.0. The molecule has 58 valence electrons. The van der Waals surface area contributed by atoms with E-state index in [4.69, 9.17) is 5.26 Å². The van der Waals surface area contributed by atoms with Crippen LogP contribution in [0, 0.1) is 11.3 Å². The molecule has 1 heterocycles. The highest BCUT2D eigenvalue weighted by Gasteiger charge is 2.44. The summed E-state index contributed by atoms with van der Waals surface area (Å²) >= 11 is 1.85. The molecule has 0 bridgehead atoms. The highest BCUT2D eigenvalue weighted by molar-refractivity contribution is 14.1. The number of carbonyl (C=O) groups is 2. The fourth-order valence-corrected chi connectivity index (χ4v) is 1.54. The molecule has 0 aromatic carbocycles. The maximum Gasteiger partial charge on any atom is 0.244 e. The predicted molar refractivity (Wildman–Crippen MR) is 44.7 cm³/mol. The first-order chi connectivity index (χ1) is 5.08. The molecule has 0 radical (unpaired) electrons. The van der Waals surface area contributed by atoms with E-state index in [9.17, 15) is 9.59 Å². The third-order valence-corrected chi connectivity index (χ3v) is 2.71. The lowest BCUT2D eigenvalue weighted by atomic mass is 10.1. The number of nitrogens with zero attached hydrogens (tertiary/aromatic N) is 1. The molecule has 0 saturated carbocycles. The summed E-state index contributed by atoms with van der Waals surface area (Å²) in [4.78, 5) is 21.7. The molecule has 1 aliphatic heterocycles. The molecule has 1 atom stereocenters. The zero-order valence-electron chi connectivity index (χ0n) is 5.56. The van der Waals surface area contributed by atoms with Crippen molar-refractivity contribution in [2.24, 2.45) is 0 Å². The van der Waals surface area contributed by atoms with Gasteiger partial charge in [-0.2, -0.15) is 5.26 Å². The van der Waals surface area contributed by atoms with Gasteiger partial charge in [0.1, 0.15) is 3.42 Å². The van der Waals surface area contributed by atoms with Gasteiger partial charge < -0.3 is 0 Å². The second-order valence-corrected chi connectivity index (χ2v) is 4.42. The number of imide groups is 1. The largest absolute Gasteiger partial charge is 0.295 e. The summed E-state index contributed by atoms with van der Waals surface area (Å²) in [5, 5.41) is 10.5. The molecule has 11 heavy (non-hydrogen) atoms. The van der Waals surface area contributed by atoms with Crippen molar-refractivity contribution in [2.75, 3.05) is 0 Å². The predicted octanol–water partition coefficient (Wildman–Crippen LogP) is 0.120.